The second-order valence-electron chi connectivity index (χ2n) is 20.7. The third-order valence-corrected chi connectivity index (χ3v) is 18.8. The van der Waals surface area contributed by atoms with E-state index in [1.54, 1.807) is 84.7 Å². The van der Waals surface area contributed by atoms with E-state index < -0.39 is 83.6 Å². The van der Waals surface area contributed by atoms with Crippen molar-refractivity contribution in [2.75, 3.05) is 60.2 Å². The number of nitrogens with one attached hydrogen (secondary N) is 3. The van der Waals surface area contributed by atoms with Gasteiger partial charge in [-0.15, -0.1) is 0 Å². The summed E-state index contributed by atoms with van der Waals surface area (Å²) >= 11 is 0. The fourth-order valence-electron chi connectivity index (χ4n) is 4.79. The van der Waals surface area contributed by atoms with Crippen molar-refractivity contribution < 1.29 is 142 Å². The summed E-state index contributed by atoms with van der Waals surface area (Å²) in [5.74, 6) is 3.33. The fraction of sp³-hybridized carbons (Fsp3) is 0.784. The van der Waals surface area contributed by atoms with E-state index in [1.807, 2.05) is 38.5 Å². The first-order valence-electron chi connectivity index (χ1n) is 27.0. The van der Waals surface area contributed by atoms with Gasteiger partial charge in [-0.2, -0.15) is 19.2 Å². The van der Waals surface area contributed by atoms with Crippen LogP contribution in [-0.4, -0.2) is 203 Å². The van der Waals surface area contributed by atoms with Crippen molar-refractivity contribution in [2.24, 2.45) is 17.2 Å². The van der Waals surface area contributed by atoms with E-state index in [2.05, 4.69) is 48.6 Å². The highest BCUT2D eigenvalue weighted by Gasteiger charge is 2.26. The molecular weight excluding hydrogens is 1400 g/mol. The van der Waals surface area contributed by atoms with E-state index in [4.69, 9.17) is 65.5 Å². The summed E-state index contributed by atoms with van der Waals surface area (Å²) in [6, 6.07) is -2.26. The Morgan fingerprint density at radius 1 is 0.473 bits per heavy atom. The third kappa shape index (κ3) is 84.6. The van der Waals surface area contributed by atoms with E-state index in [-0.39, 0.29) is 61.6 Å². The number of amides is 3. The van der Waals surface area contributed by atoms with Gasteiger partial charge in [0.25, 0.3) is 12.9 Å². The van der Waals surface area contributed by atoms with E-state index in [1.165, 1.54) is 46.6 Å². The summed E-state index contributed by atoms with van der Waals surface area (Å²) < 4.78 is 33.8. The van der Waals surface area contributed by atoms with Crippen molar-refractivity contribution in [1.29, 1.82) is 0 Å². The lowest BCUT2D eigenvalue weighted by Gasteiger charge is -2.22. The summed E-state index contributed by atoms with van der Waals surface area (Å²) in [5.41, 5.74) is 22.0. The van der Waals surface area contributed by atoms with Gasteiger partial charge in [-0.1, -0.05) is 86.4 Å². The van der Waals surface area contributed by atoms with Gasteiger partial charge >= 0.3 is 54.5 Å². The molecule has 17 N–H and O–H groups in total. The number of quaternary nitrogens is 2. The number of aliphatic carboxylic acids is 2. The van der Waals surface area contributed by atoms with Gasteiger partial charge in [0, 0.05) is 77.7 Å². The zero-order valence-electron chi connectivity index (χ0n) is 53.8. The highest BCUT2D eigenvalue weighted by Crippen LogP contribution is 2.26. The molecule has 0 aliphatic rings. The summed E-state index contributed by atoms with van der Waals surface area (Å²) in [5, 5.41) is 25.3. The van der Waals surface area contributed by atoms with E-state index in [0.717, 1.165) is 42.3 Å². The number of methoxy groups -OCH3 is 2. The van der Waals surface area contributed by atoms with Crippen LogP contribution in [0.1, 0.15) is 128 Å². The molecule has 0 unspecified atom stereocenters. The number of carboxylic acid groups (broad SMARTS) is 2. The maximum atomic E-state index is 11.9. The molecule has 0 heterocycles. The minimum atomic E-state index is -1.11. The second-order valence-corrected chi connectivity index (χ2v) is 31.5. The molecule has 0 aliphatic carbocycles. The minimum absolute atomic E-state index is 0. The number of carbonyl (C=O) groups is 9. The van der Waals surface area contributed by atoms with Crippen molar-refractivity contribution in [1.82, 2.24) is 16.0 Å². The minimum Gasteiger partial charge on any atom is -1.00 e. The second kappa shape index (κ2) is 66.6. The number of hydrogen-bond acceptors (Lipinski definition) is 31. The largest absolute Gasteiger partial charge is 1.00 e. The number of nitrogens with two attached hydrogens (primary N) is 3. The molecule has 0 saturated heterocycles. The molecule has 0 fully saturated rings. The third-order valence-electron chi connectivity index (χ3n) is 8.92. The van der Waals surface area contributed by atoms with Gasteiger partial charge in [0.2, 0.25) is 0 Å². The average molecular weight is 1500 g/mol. The number of alkyl carbamates (subject to hydrolysis) is 3. The zero-order chi connectivity index (χ0) is 70.0. The SMILES string of the molecule is CC(C)(C)OC(=O)N[C@@H](CCSSCC[C@H](N)OC=O)C(=O)O.COC(=O)[C@@H]([NH3+])CCSSCC[C@@H](C)[NH3+].COC(=O)[C@H](CCSSCC[C@@H](C)NC(=O)OC(C)(C)C)NC(=O)OC(C)(C)C.N[C@@H](CCSSCC[C@H](N)C(=O)O)OC=O.O=C=O.O=C=O.[Cl-].[Cl-]. The fourth-order valence-corrected chi connectivity index (χ4v) is 13.9. The van der Waals surface area contributed by atoms with Crippen molar-refractivity contribution in [3.05, 3.63) is 0 Å². The predicted molar refractivity (Wildman–Crippen MR) is 348 cm³/mol. The summed E-state index contributed by atoms with van der Waals surface area (Å²) in [7, 11) is 15.6. The standard InChI is InChI=1S/C19H36N2O6S2.C13H24N2O6S2.C9H20N2O2S2.C8H16N2O4S2.2CO2.2ClH/c1-13(20-16(23)26-18(2,3)4)9-11-28-29-12-10-14(15(22)25-8)21-17(24)27-19(5,6)7;1-13(2,3)21-12(19)15-9(11(17)18)4-6-22-23-7-5-10(14)20-8-16;1-7(10)3-5-14-15-6-4-8(11)9(12)13-2;9-6(8(12)13)1-3-15-16-4-2-7(10)14-5-11;2*2-1-3;;/h13-14H,9-12H2,1-8H3,(H,20,23)(H,21,24);8-10H,4-7,14H2,1-3H3,(H,15,19)(H,17,18);7-8H,3-6,10-11H2,1-2H3;5-7H,1-4,9-10H2,(H,12,13);;;2*1H/t13-,14+;9-,10+;7-,8+;6-,7+;;;;/m1010..../s1. The van der Waals surface area contributed by atoms with Crippen LogP contribution in [0.3, 0.4) is 0 Å². The van der Waals surface area contributed by atoms with Crippen molar-refractivity contribution in [2.45, 2.75) is 193 Å². The van der Waals surface area contributed by atoms with Crippen LogP contribution in [0.25, 0.3) is 0 Å². The van der Waals surface area contributed by atoms with Crippen LogP contribution in [-0.2, 0) is 81.1 Å². The molecule has 0 bridgehead atoms. The van der Waals surface area contributed by atoms with Crippen LogP contribution in [0.5, 0.6) is 0 Å². The van der Waals surface area contributed by atoms with Gasteiger partial charge in [-0.05, 0) is 102 Å². The molecule has 0 aromatic heterocycles. The molecule has 0 radical (unpaired) electrons. The number of ether oxygens (including phenoxy) is 7. The Morgan fingerprint density at radius 2 is 0.769 bits per heavy atom. The number of hydrogen-bond donors (Lipinski definition) is 10. The summed E-state index contributed by atoms with van der Waals surface area (Å²) in [6.07, 6.45) is 2.41. The smallest absolute Gasteiger partial charge is 0.408 e. The van der Waals surface area contributed by atoms with Crippen molar-refractivity contribution >= 4 is 154 Å². The highest BCUT2D eigenvalue weighted by molar-refractivity contribution is 8.77. The van der Waals surface area contributed by atoms with Crippen LogP contribution in [0.2, 0.25) is 0 Å². The molecule has 40 heteroatoms. The van der Waals surface area contributed by atoms with Crippen LogP contribution in [0, 0.1) is 0 Å². The molecule has 0 rings (SSSR count). The average Bonchev–Trinajstić information content (AvgIpc) is 3.54. The number of esters is 2. The summed E-state index contributed by atoms with van der Waals surface area (Å²) in [4.78, 5) is 132. The highest BCUT2D eigenvalue weighted by atomic mass is 35.5. The Hall–Kier alpha value is -3.43. The van der Waals surface area contributed by atoms with Gasteiger partial charge in [0.1, 0.15) is 34.9 Å². The normalized spacial score (nSPS) is 12.9. The molecule has 91 heavy (non-hydrogen) atoms. The maximum absolute atomic E-state index is 11.9. The first-order chi connectivity index (χ1) is 41.4. The zero-order valence-corrected chi connectivity index (χ0v) is 61.9. The molecule has 0 aromatic rings. The number of halogens is 2. The van der Waals surface area contributed by atoms with E-state index in [9.17, 15) is 43.2 Å². The maximum Gasteiger partial charge on any atom is 0.408 e. The van der Waals surface area contributed by atoms with Gasteiger partial charge < -0.3 is 101 Å². The van der Waals surface area contributed by atoms with Gasteiger partial charge in [0.05, 0.1) is 20.3 Å². The molecule has 0 saturated carbocycles. The lowest BCUT2D eigenvalue weighted by Crippen LogP contribution is -3.00. The molecule has 0 spiro atoms. The predicted octanol–water partition coefficient (Wildman–Crippen LogP) is -1.87. The molecule has 3 amide bonds. The number of carboxylic acids is 2. The van der Waals surface area contributed by atoms with Crippen LogP contribution < -0.4 is 69.4 Å². The Morgan fingerprint density at radius 3 is 1.09 bits per heavy atom. The molecular formula is C51H98Cl2N8O22S8. The topological polar surface area (TPSA) is 496 Å². The van der Waals surface area contributed by atoms with Crippen molar-refractivity contribution in [3.8, 4) is 0 Å². The van der Waals surface area contributed by atoms with E-state index in [0.29, 0.717) is 67.7 Å². The molecule has 0 aliphatic heterocycles. The quantitative estimate of drug-likeness (QED) is 0.00805. The lowest BCUT2D eigenvalue weighted by atomic mass is 10.2. The molecule has 0 aromatic carbocycles. The lowest BCUT2D eigenvalue weighted by molar-refractivity contribution is -0.414. The van der Waals surface area contributed by atoms with E-state index >= 15 is 0 Å². The van der Waals surface area contributed by atoms with Gasteiger partial charge in [0.15, 0.2) is 18.5 Å². The number of rotatable bonds is 39. The first-order valence-corrected chi connectivity index (χ1v) is 37.0. The molecule has 30 nitrogen and oxygen atoms in total. The van der Waals surface area contributed by atoms with Gasteiger partial charge in [-0.25, -0.2) is 28.8 Å². The van der Waals surface area contributed by atoms with Crippen LogP contribution >= 0.6 is 86.4 Å². The Kier molecular flexibility index (Phi) is 75.8. The molecule has 536 valence electrons. The monoisotopic (exact) mass is 1500 g/mol. The summed E-state index contributed by atoms with van der Waals surface area (Å²) in [6.45, 7) is 20.5. The van der Waals surface area contributed by atoms with Crippen LogP contribution in [0.15, 0.2) is 0 Å². The Balaban J connectivity index is -0.000000167. The Bertz CT molecular complexity index is 1990. The molecule has 8 atom stereocenters. The van der Waals surface area contributed by atoms with Crippen LogP contribution in [0.4, 0.5) is 14.4 Å². The number of carbonyl (C=O) groups excluding carboxylic acids is 11. The Labute approximate surface area is 578 Å². The van der Waals surface area contributed by atoms with Crippen molar-refractivity contribution in [3.63, 3.8) is 0 Å². The van der Waals surface area contributed by atoms with Gasteiger partial charge in [-0.3, -0.25) is 25.9 Å². The first kappa shape index (κ1) is 104.